The zero-order valence-electron chi connectivity index (χ0n) is 7.11. The second-order valence-electron chi connectivity index (χ2n) is 2.78. The van der Waals surface area contributed by atoms with Crippen molar-refractivity contribution in [1.82, 2.24) is 9.78 Å². The maximum atomic E-state index is 6.02. The SMILES string of the molecule is Nc1cccc(Cl)c1-n1cc(Br)cn1. The molecule has 0 radical (unpaired) electrons. The van der Waals surface area contributed by atoms with E-state index in [1.807, 2.05) is 0 Å². The van der Waals surface area contributed by atoms with E-state index in [9.17, 15) is 0 Å². The van der Waals surface area contributed by atoms with Crippen LogP contribution in [0.5, 0.6) is 0 Å². The van der Waals surface area contributed by atoms with E-state index in [2.05, 4.69) is 21.0 Å². The number of hydrogen-bond acceptors (Lipinski definition) is 2. The van der Waals surface area contributed by atoms with Gasteiger partial charge in [-0.3, -0.25) is 0 Å². The van der Waals surface area contributed by atoms with Gasteiger partial charge in [-0.2, -0.15) is 5.10 Å². The Balaban J connectivity index is 2.61. The van der Waals surface area contributed by atoms with Crippen LogP contribution in [0.15, 0.2) is 35.1 Å². The van der Waals surface area contributed by atoms with Crippen LogP contribution in [-0.2, 0) is 0 Å². The lowest BCUT2D eigenvalue weighted by molar-refractivity contribution is 0.883. The molecule has 0 aliphatic carbocycles. The molecule has 0 aliphatic rings. The summed E-state index contributed by atoms with van der Waals surface area (Å²) in [5.74, 6) is 0. The molecule has 1 heterocycles. The number of nitrogens with zero attached hydrogens (tertiary/aromatic N) is 2. The Labute approximate surface area is 94.6 Å². The highest BCUT2D eigenvalue weighted by molar-refractivity contribution is 9.10. The summed E-state index contributed by atoms with van der Waals surface area (Å²) in [6, 6.07) is 5.37. The van der Waals surface area contributed by atoms with E-state index >= 15 is 0 Å². The van der Waals surface area contributed by atoms with E-state index in [0.717, 1.165) is 4.47 Å². The van der Waals surface area contributed by atoms with E-state index in [1.54, 1.807) is 35.3 Å². The average molecular weight is 273 g/mol. The molecule has 0 fully saturated rings. The first-order valence-electron chi connectivity index (χ1n) is 3.93. The number of para-hydroxylation sites is 1. The van der Waals surface area contributed by atoms with Gasteiger partial charge in [0.15, 0.2) is 0 Å². The van der Waals surface area contributed by atoms with Crippen LogP contribution in [-0.4, -0.2) is 9.78 Å². The molecule has 2 aromatic rings. The van der Waals surface area contributed by atoms with Crippen molar-refractivity contribution >= 4 is 33.2 Å². The fourth-order valence-electron chi connectivity index (χ4n) is 1.20. The van der Waals surface area contributed by atoms with E-state index in [0.29, 0.717) is 16.4 Å². The number of hydrogen-bond donors (Lipinski definition) is 1. The quantitative estimate of drug-likeness (QED) is 0.811. The Morgan fingerprint density at radius 1 is 1.43 bits per heavy atom. The van der Waals surface area contributed by atoms with Crippen LogP contribution in [0.25, 0.3) is 5.69 Å². The summed E-state index contributed by atoms with van der Waals surface area (Å²) >= 11 is 9.33. The van der Waals surface area contributed by atoms with E-state index in [4.69, 9.17) is 17.3 Å². The smallest absolute Gasteiger partial charge is 0.106 e. The molecule has 0 amide bonds. The van der Waals surface area contributed by atoms with Crippen molar-refractivity contribution in [2.45, 2.75) is 0 Å². The summed E-state index contributed by atoms with van der Waals surface area (Å²) in [4.78, 5) is 0. The fraction of sp³-hybridized carbons (Fsp3) is 0. The molecule has 14 heavy (non-hydrogen) atoms. The largest absolute Gasteiger partial charge is 0.397 e. The van der Waals surface area contributed by atoms with E-state index in [1.165, 1.54) is 0 Å². The van der Waals surface area contributed by atoms with Gasteiger partial charge in [0.1, 0.15) is 5.69 Å². The lowest BCUT2D eigenvalue weighted by atomic mass is 10.3. The third kappa shape index (κ3) is 1.63. The van der Waals surface area contributed by atoms with E-state index in [-0.39, 0.29) is 0 Å². The first-order valence-corrected chi connectivity index (χ1v) is 5.10. The van der Waals surface area contributed by atoms with E-state index < -0.39 is 0 Å². The van der Waals surface area contributed by atoms with Crippen LogP contribution in [0.2, 0.25) is 5.02 Å². The summed E-state index contributed by atoms with van der Waals surface area (Å²) in [6.45, 7) is 0. The van der Waals surface area contributed by atoms with Crippen LogP contribution < -0.4 is 5.73 Å². The Morgan fingerprint density at radius 3 is 2.79 bits per heavy atom. The van der Waals surface area contributed by atoms with Crippen LogP contribution in [0.3, 0.4) is 0 Å². The molecule has 2 rings (SSSR count). The number of rotatable bonds is 1. The van der Waals surface area contributed by atoms with Gasteiger partial charge in [0.2, 0.25) is 0 Å². The summed E-state index contributed by atoms with van der Waals surface area (Å²) < 4.78 is 2.53. The Kier molecular flexibility index (Phi) is 2.48. The van der Waals surface area contributed by atoms with Gasteiger partial charge >= 0.3 is 0 Å². The number of nitrogen functional groups attached to an aromatic ring is 1. The third-order valence-corrected chi connectivity index (χ3v) is 2.51. The molecule has 2 N–H and O–H groups in total. The molecule has 5 heteroatoms. The Hall–Kier alpha value is -1.00. The highest BCUT2D eigenvalue weighted by Crippen LogP contribution is 2.26. The summed E-state index contributed by atoms with van der Waals surface area (Å²) in [6.07, 6.45) is 3.49. The van der Waals surface area contributed by atoms with Gasteiger partial charge in [-0.05, 0) is 28.1 Å². The van der Waals surface area contributed by atoms with Crippen molar-refractivity contribution in [1.29, 1.82) is 0 Å². The highest BCUT2D eigenvalue weighted by Gasteiger charge is 2.07. The zero-order valence-corrected chi connectivity index (χ0v) is 9.46. The zero-order chi connectivity index (χ0) is 10.1. The lowest BCUT2D eigenvalue weighted by Gasteiger charge is -2.06. The molecular formula is C9H7BrClN3. The minimum absolute atomic E-state index is 0.584. The molecular weight excluding hydrogens is 265 g/mol. The molecule has 0 atom stereocenters. The molecule has 0 aliphatic heterocycles. The molecule has 1 aromatic carbocycles. The standard InChI is InChI=1S/C9H7BrClN3/c10-6-4-13-14(5-6)9-7(11)2-1-3-8(9)12/h1-5H,12H2. The van der Waals surface area contributed by atoms with Crippen molar-refractivity contribution in [3.63, 3.8) is 0 Å². The maximum Gasteiger partial charge on any atom is 0.106 e. The topological polar surface area (TPSA) is 43.8 Å². The highest BCUT2D eigenvalue weighted by atomic mass is 79.9. The second kappa shape index (κ2) is 3.63. The number of nitrogens with two attached hydrogens (primary N) is 1. The molecule has 0 saturated heterocycles. The molecule has 0 unspecified atom stereocenters. The lowest BCUT2D eigenvalue weighted by Crippen LogP contribution is -2.00. The maximum absolute atomic E-state index is 6.02. The first-order chi connectivity index (χ1) is 6.68. The molecule has 0 saturated carbocycles. The van der Waals surface area contributed by atoms with Crippen LogP contribution in [0, 0.1) is 0 Å². The minimum Gasteiger partial charge on any atom is -0.397 e. The van der Waals surface area contributed by atoms with Gasteiger partial charge in [-0.1, -0.05) is 17.7 Å². The minimum atomic E-state index is 0.584. The first kappa shape index (κ1) is 9.55. The number of aromatic nitrogens is 2. The molecule has 72 valence electrons. The Bertz CT molecular complexity index is 447. The molecule has 3 nitrogen and oxygen atoms in total. The van der Waals surface area contributed by atoms with Gasteiger partial charge < -0.3 is 5.73 Å². The monoisotopic (exact) mass is 271 g/mol. The van der Waals surface area contributed by atoms with Crippen molar-refractivity contribution in [2.75, 3.05) is 5.73 Å². The van der Waals surface area contributed by atoms with Crippen LogP contribution >= 0.6 is 27.5 Å². The van der Waals surface area contributed by atoms with Crippen LogP contribution in [0.1, 0.15) is 0 Å². The van der Waals surface area contributed by atoms with Gasteiger partial charge in [0.05, 0.1) is 21.4 Å². The van der Waals surface area contributed by atoms with Crippen molar-refractivity contribution in [2.24, 2.45) is 0 Å². The summed E-state index contributed by atoms with van der Waals surface area (Å²) in [7, 11) is 0. The number of benzene rings is 1. The number of halogens is 2. The van der Waals surface area contributed by atoms with Gasteiger partial charge in [-0.25, -0.2) is 4.68 Å². The fourth-order valence-corrected chi connectivity index (χ4v) is 1.75. The summed E-state index contributed by atoms with van der Waals surface area (Å²) in [5, 5.41) is 4.70. The molecule has 1 aromatic heterocycles. The predicted molar refractivity (Wildman–Crippen MR) is 60.7 cm³/mol. The van der Waals surface area contributed by atoms with Gasteiger partial charge in [0, 0.05) is 6.20 Å². The molecule has 0 spiro atoms. The second-order valence-corrected chi connectivity index (χ2v) is 4.10. The van der Waals surface area contributed by atoms with Gasteiger partial charge in [0.25, 0.3) is 0 Å². The normalized spacial score (nSPS) is 10.4. The van der Waals surface area contributed by atoms with Crippen molar-refractivity contribution in [3.8, 4) is 5.69 Å². The van der Waals surface area contributed by atoms with Crippen molar-refractivity contribution in [3.05, 3.63) is 40.1 Å². The summed E-state index contributed by atoms with van der Waals surface area (Å²) in [5.41, 5.74) is 7.12. The van der Waals surface area contributed by atoms with Crippen LogP contribution in [0.4, 0.5) is 5.69 Å². The predicted octanol–water partition coefficient (Wildman–Crippen LogP) is 2.87. The number of anilines is 1. The third-order valence-electron chi connectivity index (χ3n) is 1.80. The van der Waals surface area contributed by atoms with Crippen molar-refractivity contribution < 1.29 is 0 Å². The van der Waals surface area contributed by atoms with Gasteiger partial charge in [-0.15, -0.1) is 0 Å². The molecule has 0 bridgehead atoms. The Morgan fingerprint density at radius 2 is 2.21 bits per heavy atom. The average Bonchev–Trinajstić information content (AvgIpc) is 2.51.